The quantitative estimate of drug-likeness (QED) is 0.347. The Kier molecular flexibility index (Phi) is 12.4. The molecule has 2 atom stereocenters. The van der Waals surface area contributed by atoms with Crippen molar-refractivity contribution >= 4 is 29.1 Å². The standard InChI is InChI=1S/C27H36Cl2N2O5/c1-30(27(33)18-21-7-8-24(28)25(29)17-21)26(22-5-3-2-4-6-22)20-31-10-9-23(19-31)36-16-15-35-14-13-34-12-11-32/h2-8,17,23,26,32H,9-16,18-20H2,1H3/t23-,26+/m0/s1. The van der Waals surface area contributed by atoms with Crippen LogP contribution in [-0.2, 0) is 25.4 Å². The van der Waals surface area contributed by atoms with Crippen LogP contribution in [0.5, 0.6) is 0 Å². The summed E-state index contributed by atoms with van der Waals surface area (Å²) in [6, 6.07) is 15.4. The minimum absolute atomic E-state index is 0.0214. The van der Waals surface area contributed by atoms with Crippen LogP contribution in [0.4, 0.5) is 0 Å². The number of benzene rings is 2. The largest absolute Gasteiger partial charge is 0.394 e. The van der Waals surface area contributed by atoms with E-state index in [1.807, 2.05) is 36.2 Å². The first-order valence-electron chi connectivity index (χ1n) is 12.3. The Balaban J connectivity index is 1.51. The van der Waals surface area contributed by atoms with Gasteiger partial charge in [-0.3, -0.25) is 9.69 Å². The topological polar surface area (TPSA) is 71.5 Å². The second kappa shape index (κ2) is 15.5. The number of nitrogens with zero attached hydrogens (tertiary/aromatic N) is 2. The summed E-state index contributed by atoms with van der Waals surface area (Å²) in [7, 11) is 1.86. The fraction of sp³-hybridized carbons (Fsp3) is 0.519. The number of ether oxygens (including phenoxy) is 3. The molecule has 1 aliphatic rings. The lowest BCUT2D eigenvalue weighted by Crippen LogP contribution is -2.39. The number of amides is 1. The predicted molar refractivity (Wildman–Crippen MR) is 142 cm³/mol. The number of carbonyl (C=O) groups is 1. The van der Waals surface area contributed by atoms with Crippen molar-refractivity contribution in [3.05, 3.63) is 69.7 Å². The third-order valence-corrected chi connectivity index (χ3v) is 6.97. The Hall–Kier alpha value is -1.71. The summed E-state index contributed by atoms with van der Waals surface area (Å²) in [5.74, 6) is 0.0226. The maximum Gasteiger partial charge on any atom is 0.227 e. The maximum absolute atomic E-state index is 13.2. The highest BCUT2D eigenvalue weighted by Crippen LogP contribution is 2.26. The summed E-state index contributed by atoms with van der Waals surface area (Å²) in [4.78, 5) is 17.4. The van der Waals surface area contributed by atoms with Gasteiger partial charge in [0.2, 0.25) is 5.91 Å². The van der Waals surface area contributed by atoms with Crippen molar-refractivity contribution in [3.63, 3.8) is 0 Å². The SMILES string of the molecule is CN(C(=O)Cc1ccc(Cl)c(Cl)c1)[C@H](CN1CC[C@H](OCCOCCOCCO)C1)c1ccccc1. The van der Waals surface area contributed by atoms with E-state index in [-0.39, 0.29) is 31.1 Å². The molecule has 1 aliphatic heterocycles. The number of aliphatic hydroxyl groups excluding tert-OH is 1. The van der Waals surface area contributed by atoms with Crippen LogP contribution in [0, 0.1) is 0 Å². The van der Waals surface area contributed by atoms with Gasteiger partial charge in [-0.1, -0.05) is 59.6 Å². The van der Waals surface area contributed by atoms with Gasteiger partial charge in [-0.25, -0.2) is 0 Å². The molecule has 3 rings (SSSR count). The molecule has 2 aromatic carbocycles. The van der Waals surface area contributed by atoms with E-state index in [1.165, 1.54) is 0 Å². The van der Waals surface area contributed by atoms with Crippen molar-refractivity contribution < 1.29 is 24.1 Å². The summed E-state index contributed by atoms with van der Waals surface area (Å²) >= 11 is 12.2. The molecule has 2 aromatic rings. The number of likely N-dealkylation sites (N-methyl/N-ethyl adjacent to an activating group) is 1. The number of rotatable bonds is 15. The van der Waals surface area contributed by atoms with E-state index >= 15 is 0 Å². The molecular weight excluding hydrogens is 503 g/mol. The number of hydrogen-bond acceptors (Lipinski definition) is 6. The lowest BCUT2D eigenvalue weighted by Gasteiger charge is -2.32. The van der Waals surface area contributed by atoms with Crippen molar-refractivity contribution in [3.8, 4) is 0 Å². The second-order valence-corrected chi connectivity index (χ2v) is 9.66. The van der Waals surface area contributed by atoms with Gasteiger partial charge in [-0.2, -0.15) is 0 Å². The molecule has 9 heteroatoms. The number of carbonyl (C=O) groups excluding carboxylic acids is 1. The average molecular weight is 540 g/mol. The fourth-order valence-electron chi connectivity index (χ4n) is 4.25. The molecule has 0 aromatic heterocycles. The summed E-state index contributed by atoms with van der Waals surface area (Å²) < 4.78 is 16.7. The zero-order valence-electron chi connectivity index (χ0n) is 20.8. The van der Waals surface area contributed by atoms with E-state index in [0.717, 1.165) is 37.2 Å². The van der Waals surface area contributed by atoms with Crippen LogP contribution in [0.3, 0.4) is 0 Å². The zero-order chi connectivity index (χ0) is 25.8. The first-order chi connectivity index (χ1) is 17.5. The smallest absolute Gasteiger partial charge is 0.227 e. The summed E-state index contributed by atoms with van der Waals surface area (Å²) in [5.41, 5.74) is 1.94. The monoisotopic (exact) mass is 538 g/mol. The van der Waals surface area contributed by atoms with Crippen LogP contribution >= 0.6 is 23.2 Å². The van der Waals surface area contributed by atoms with Crippen molar-refractivity contribution in [2.45, 2.75) is 25.0 Å². The molecule has 0 saturated carbocycles. The molecule has 36 heavy (non-hydrogen) atoms. The lowest BCUT2D eigenvalue weighted by atomic mass is 10.0. The van der Waals surface area contributed by atoms with Gasteiger partial charge >= 0.3 is 0 Å². The number of hydrogen-bond donors (Lipinski definition) is 1. The molecule has 1 N–H and O–H groups in total. The Morgan fingerprint density at radius 1 is 1.06 bits per heavy atom. The summed E-state index contributed by atoms with van der Waals surface area (Å²) in [6.07, 6.45) is 1.35. The van der Waals surface area contributed by atoms with E-state index in [9.17, 15) is 4.79 Å². The Labute approximate surface area is 223 Å². The first-order valence-corrected chi connectivity index (χ1v) is 13.1. The van der Waals surface area contributed by atoms with Gasteiger partial charge in [0.05, 0.1) is 68.3 Å². The maximum atomic E-state index is 13.2. The molecule has 0 unspecified atom stereocenters. The molecule has 198 valence electrons. The Bertz CT molecular complexity index is 934. The molecule has 0 bridgehead atoms. The third kappa shape index (κ3) is 9.30. The molecule has 0 spiro atoms. The highest BCUT2D eigenvalue weighted by molar-refractivity contribution is 6.42. The van der Waals surface area contributed by atoms with Crippen molar-refractivity contribution in [1.82, 2.24) is 9.80 Å². The van der Waals surface area contributed by atoms with Gasteiger partial charge in [0.1, 0.15) is 0 Å². The molecular formula is C27H36Cl2N2O5. The van der Waals surface area contributed by atoms with Crippen LogP contribution in [0.25, 0.3) is 0 Å². The lowest BCUT2D eigenvalue weighted by molar-refractivity contribution is -0.131. The van der Waals surface area contributed by atoms with Crippen molar-refractivity contribution in [2.75, 3.05) is 66.3 Å². The molecule has 1 fully saturated rings. The number of halogens is 2. The predicted octanol–water partition coefficient (Wildman–Crippen LogP) is 3.85. The zero-order valence-corrected chi connectivity index (χ0v) is 22.3. The Morgan fingerprint density at radius 3 is 2.50 bits per heavy atom. The van der Waals surface area contributed by atoms with E-state index in [2.05, 4.69) is 17.0 Å². The molecule has 1 amide bonds. The number of likely N-dealkylation sites (tertiary alicyclic amines) is 1. The van der Waals surface area contributed by atoms with Crippen LogP contribution in [0.1, 0.15) is 23.6 Å². The van der Waals surface area contributed by atoms with Crippen LogP contribution in [0.2, 0.25) is 10.0 Å². The first kappa shape index (κ1) is 28.9. The van der Waals surface area contributed by atoms with E-state index < -0.39 is 0 Å². The van der Waals surface area contributed by atoms with Gasteiger partial charge in [-0.15, -0.1) is 0 Å². The summed E-state index contributed by atoms with van der Waals surface area (Å²) in [5, 5.41) is 9.62. The van der Waals surface area contributed by atoms with Crippen LogP contribution in [0.15, 0.2) is 48.5 Å². The van der Waals surface area contributed by atoms with E-state index in [4.69, 9.17) is 42.5 Å². The minimum atomic E-state index is -0.0810. The van der Waals surface area contributed by atoms with Gasteiger partial charge in [0.15, 0.2) is 0 Å². The fourth-order valence-corrected chi connectivity index (χ4v) is 4.57. The highest BCUT2D eigenvalue weighted by atomic mass is 35.5. The molecule has 1 saturated heterocycles. The normalized spacial score (nSPS) is 16.8. The Morgan fingerprint density at radius 2 is 1.78 bits per heavy atom. The van der Waals surface area contributed by atoms with Crippen LogP contribution in [-0.4, -0.2) is 93.2 Å². The van der Waals surface area contributed by atoms with Gasteiger partial charge in [0, 0.05) is 26.7 Å². The molecule has 7 nitrogen and oxygen atoms in total. The van der Waals surface area contributed by atoms with E-state index in [1.54, 1.807) is 12.1 Å². The van der Waals surface area contributed by atoms with E-state index in [0.29, 0.717) is 43.1 Å². The van der Waals surface area contributed by atoms with Crippen LogP contribution < -0.4 is 0 Å². The minimum Gasteiger partial charge on any atom is -0.394 e. The third-order valence-electron chi connectivity index (χ3n) is 6.23. The average Bonchev–Trinajstić information content (AvgIpc) is 3.34. The van der Waals surface area contributed by atoms with Gasteiger partial charge in [0.25, 0.3) is 0 Å². The van der Waals surface area contributed by atoms with Crippen molar-refractivity contribution in [2.24, 2.45) is 0 Å². The van der Waals surface area contributed by atoms with Gasteiger partial charge in [-0.05, 0) is 29.7 Å². The summed E-state index contributed by atoms with van der Waals surface area (Å²) in [6.45, 7) is 4.81. The van der Waals surface area contributed by atoms with Gasteiger partial charge < -0.3 is 24.2 Å². The molecule has 1 heterocycles. The highest BCUT2D eigenvalue weighted by Gasteiger charge is 2.29. The van der Waals surface area contributed by atoms with Crippen molar-refractivity contribution in [1.29, 1.82) is 0 Å². The number of aliphatic hydroxyl groups is 1. The molecule has 0 radical (unpaired) electrons. The molecule has 0 aliphatic carbocycles. The second-order valence-electron chi connectivity index (χ2n) is 8.85.